The van der Waals surface area contributed by atoms with Gasteiger partial charge in [-0.05, 0) is 29.7 Å². The van der Waals surface area contributed by atoms with Crippen LogP contribution in [0.25, 0.3) is 0 Å². The van der Waals surface area contributed by atoms with Crippen LogP contribution in [0.1, 0.15) is 30.1 Å². The van der Waals surface area contributed by atoms with Gasteiger partial charge in [-0.2, -0.15) is 0 Å². The molecule has 102 valence electrons. The summed E-state index contributed by atoms with van der Waals surface area (Å²) in [5, 5.41) is 10.7. The van der Waals surface area contributed by atoms with Crippen molar-refractivity contribution in [3.05, 3.63) is 27.9 Å². The molecule has 0 aromatic carbocycles. The van der Waals surface area contributed by atoms with E-state index < -0.39 is 4.92 Å². The zero-order valence-electron chi connectivity index (χ0n) is 10.5. The van der Waals surface area contributed by atoms with Crippen molar-refractivity contribution in [1.82, 2.24) is 9.88 Å². The topological polar surface area (TPSA) is 114 Å². The van der Waals surface area contributed by atoms with E-state index in [1.165, 1.54) is 6.20 Å². The van der Waals surface area contributed by atoms with Crippen molar-refractivity contribution in [3.8, 4) is 0 Å². The molecule has 3 N–H and O–H groups in total. The van der Waals surface area contributed by atoms with Gasteiger partial charge in [0.1, 0.15) is 5.69 Å². The van der Waals surface area contributed by atoms with E-state index >= 15 is 0 Å². The maximum atomic E-state index is 12.4. The number of nitrogen functional groups attached to an aromatic ring is 1. The summed E-state index contributed by atoms with van der Waals surface area (Å²) in [6.45, 7) is 2.61. The minimum atomic E-state index is -0.634. The van der Waals surface area contributed by atoms with Crippen LogP contribution in [0.15, 0.2) is 12.3 Å². The third kappa shape index (κ3) is 2.48. The fraction of sp³-hybridized carbons (Fsp3) is 0.455. The van der Waals surface area contributed by atoms with Gasteiger partial charge in [0, 0.05) is 12.6 Å². The third-order valence-electron chi connectivity index (χ3n) is 3.28. The monoisotopic (exact) mass is 265 g/mol. The second kappa shape index (κ2) is 5.19. The molecule has 0 aliphatic carbocycles. The molecule has 1 aromatic heterocycles. The van der Waals surface area contributed by atoms with Gasteiger partial charge in [0.25, 0.3) is 5.91 Å². The van der Waals surface area contributed by atoms with Crippen LogP contribution in [0.5, 0.6) is 0 Å². The first-order valence-corrected chi connectivity index (χ1v) is 5.96. The number of hydrogen-bond donors (Lipinski definition) is 2. The molecule has 8 heteroatoms. The van der Waals surface area contributed by atoms with E-state index in [-0.39, 0.29) is 29.0 Å². The number of nitrogens with zero attached hydrogens (tertiary/aromatic N) is 3. The van der Waals surface area contributed by atoms with E-state index in [1.807, 2.05) is 6.92 Å². The fourth-order valence-electron chi connectivity index (χ4n) is 2.23. The van der Waals surface area contributed by atoms with E-state index in [0.717, 1.165) is 18.9 Å². The van der Waals surface area contributed by atoms with E-state index in [2.05, 4.69) is 10.4 Å². The highest BCUT2D eigenvalue weighted by molar-refractivity contribution is 6.00. The molecule has 1 aliphatic heterocycles. The number of nitro groups is 1. The fourth-order valence-corrected chi connectivity index (χ4v) is 2.23. The summed E-state index contributed by atoms with van der Waals surface area (Å²) in [4.78, 5) is 27.8. The molecule has 8 nitrogen and oxygen atoms in total. The molecule has 0 radical (unpaired) electrons. The summed E-state index contributed by atoms with van der Waals surface area (Å²) in [6, 6.07) is 1.29. The van der Waals surface area contributed by atoms with E-state index in [9.17, 15) is 14.9 Å². The highest BCUT2D eigenvalue weighted by Crippen LogP contribution is 2.24. The average molecular weight is 265 g/mol. The number of rotatable bonds is 3. The van der Waals surface area contributed by atoms with Crippen LogP contribution in [0, 0.1) is 10.1 Å². The van der Waals surface area contributed by atoms with Gasteiger partial charge in [0.15, 0.2) is 6.20 Å². The van der Waals surface area contributed by atoms with Crippen LogP contribution in [-0.2, 0) is 0 Å². The lowest BCUT2D eigenvalue weighted by Crippen LogP contribution is -2.34. The number of nitrogens with two attached hydrogens (primary N) is 1. The maximum Gasteiger partial charge on any atom is 0.364 e. The largest absolute Gasteiger partial charge is 0.364 e. The first-order valence-electron chi connectivity index (χ1n) is 5.96. The van der Waals surface area contributed by atoms with Crippen molar-refractivity contribution < 1.29 is 9.72 Å². The van der Waals surface area contributed by atoms with E-state index in [0.29, 0.717) is 6.54 Å². The number of likely N-dealkylation sites (tertiary alicyclic amines) is 1. The van der Waals surface area contributed by atoms with Crippen LogP contribution in [0.3, 0.4) is 0 Å². The number of nitrogens with one attached hydrogen (secondary N) is 1. The molecule has 1 aromatic rings. The summed E-state index contributed by atoms with van der Waals surface area (Å²) >= 11 is 0. The quantitative estimate of drug-likeness (QED) is 0.476. The Bertz CT molecular complexity index is 519. The average Bonchev–Trinajstić information content (AvgIpc) is 2.83. The molecular weight excluding hydrogens is 250 g/mol. The van der Waals surface area contributed by atoms with E-state index in [4.69, 9.17) is 5.84 Å². The third-order valence-corrected chi connectivity index (χ3v) is 3.28. The summed E-state index contributed by atoms with van der Waals surface area (Å²) in [5.74, 6) is 4.69. The molecule has 2 heterocycles. The van der Waals surface area contributed by atoms with Crippen molar-refractivity contribution in [2.75, 3.05) is 12.0 Å². The van der Waals surface area contributed by atoms with Gasteiger partial charge in [-0.25, -0.2) is 0 Å². The lowest BCUT2D eigenvalue weighted by atomic mass is 10.1. The lowest BCUT2D eigenvalue weighted by molar-refractivity contribution is -0.389. The number of carbonyl (C=O) groups is 1. The molecule has 1 unspecified atom stereocenters. The molecule has 1 saturated heterocycles. The Morgan fingerprint density at radius 1 is 1.68 bits per heavy atom. The molecule has 2 rings (SSSR count). The van der Waals surface area contributed by atoms with Gasteiger partial charge >= 0.3 is 5.82 Å². The Morgan fingerprint density at radius 2 is 2.42 bits per heavy atom. The number of anilines is 1. The summed E-state index contributed by atoms with van der Waals surface area (Å²) < 4.78 is 0. The molecule has 0 spiro atoms. The second-order valence-electron chi connectivity index (χ2n) is 4.48. The first-order chi connectivity index (χ1) is 9.04. The normalized spacial score (nSPS) is 18.4. The van der Waals surface area contributed by atoms with Crippen LogP contribution in [-0.4, -0.2) is 33.3 Å². The molecule has 1 amide bonds. The highest BCUT2D eigenvalue weighted by Gasteiger charge is 2.29. The smallest absolute Gasteiger partial charge is 0.358 e. The molecule has 1 atom stereocenters. The number of hydrogen-bond acceptors (Lipinski definition) is 6. The molecule has 19 heavy (non-hydrogen) atoms. The summed E-state index contributed by atoms with van der Waals surface area (Å²) in [7, 11) is 0. The van der Waals surface area contributed by atoms with Crippen LogP contribution < -0.4 is 11.3 Å². The Balaban J connectivity index is 2.38. The van der Waals surface area contributed by atoms with Gasteiger partial charge < -0.3 is 20.4 Å². The maximum absolute atomic E-state index is 12.4. The minimum absolute atomic E-state index is 0.130. The van der Waals surface area contributed by atoms with Gasteiger partial charge in [-0.1, -0.05) is 0 Å². The van der Waals surface area contributed by atoms with Crippen molar-refractivity contribution in [1.29, 1.82) is 0 Å². The van der Waals surface area contributed by atoms with Gasteiger partial charge in [0.2, 0.25) is 0 Å². The van der Waals surface area contributed by atoms with E-state index in [1.54, 1.807) is 4.90 Å². The van der Waals surface area contributed by atoms with Gasteiger partial charge in [0.05, 0.1) is 11.6 Å². The van der Waals surface area contributed by atoms with Crippen molar-refractivity contribution >= 4 is 17.4 Å². The second-order valence-corrected chi connectivity index (χ2v) is 4.48. The van der Waals surface area contributed by atoms with Gasteiger partial charge in [-0.3, -0.25) is 10.6 Å². The molecule has 1 fully saturated rings. The van der Waals surface area contributed by atoms with Crippen LogP contribution in [0.2, 0.25) is 0 Å². The standard InChI is InChI=1S/C11H15N5O3/c1-7-3-2-4-15(7)11(17)8-5-10(16(18)19)13-6-9(8)14-12/h5-7,14H,2-4,12H2,1H3. The van der Waals surface area contributed by atoms with Crippen molar-refractivity contribution in [2.24, 2.45) is 5.84 Å². The SMILES string of the molecule is CC1CCCN1C(=O)c1cc([N+](=O)[O-])ncc1NN. The summed E-state index contributed by atoms with van der Waals surface area (Å²) in [6.07, 6.45) is 3.07. The zero-order chi connectivity index (χ0) is 14.0. The predicted octanol–water partition coefficient (Wildman–Crippen LogP) is 0.900. The molecule has 1 aliphatic rings. The molecular formula is C11H15N5O3. The molecule has 0 bridgehead atoms. The summed E-state index contributed by atoms with van der Waals surface area (Å²) in [5.41, 5.74) is 2.81. The number of carbonyl (C=O) groups excluding carboxylic acids is 1. The zero-order valence-corrected chi connectivity index (χ0v) is 10.5. The van der Waals surface area contributed by atoms with Gasteiger partial charge in [-0.15, -0.1) is 0 Å². The highest BCUT2D eigenvalue weighted by atomic mass is 16.6. The Labute approximate surface area is 109 Å². The Morgan fingerprint density at radius 3 is 2.95 bits per heavy atom. The minimum Gasteiger partial charge on any atom is -0.358 e. The number of amides is 1. The predicted molar refractivity (Wildman–Crippen MR) is 68.4 cm³/mol. The first kappa shape index (κ1) is 13.2. The van der Waals surface area contributed by atoms with Crippen molar-refractivity contribution in [3.63, 3.8) is 0 Å². The Hall–Kier alpha value is -2.22. The molecule has 0 saturated carbocycles. The van der Waals surface area contributed by atoms with Crippen LogP contribution in [0.4, 0.5) is 11.5 Å². The number of hydrazine groups is 1. The Kier molecular flexibility index (Phi) is 3.61. The lowest BCUT2D eigenvalue weighted by Gasteiger charge is -2.22. The van der Waals surface area contributed by atoms with Crippen LogP contribution >= 0.6 is 0 Å². The number of aromatic nitrogens is 1. The number of pyridine rings is 1. The van der Waals surface area contributed by atoms with Crippen molar-refractivity contribution in [2.45, 2.75) is 25.8 Å².